The third-order valence-electron chi connectivity index (χ3n) is 4.79. The van der Waals surface area contributed by atoms with E-state index in [4.69, 9.17) is 15.2 Å². The van der Waals surface area contributed by atoms with Crippen molar-refractivity contribution in [2.75, 3.05) is 0 Å². The van der Waals surface area contributed by atoms with Crippen LogP contribution in [-0.2, 0) is 0 Å². The van der Waals surface area contributed by atoms with E-state index in [0.717, 1.165) is 0 Å². The molecule has 0 unspecified atom stereocenters. The maximum Gasteiger partial charge on any atom is 1.20 e. The molecule has 0 atom stereocenters. The van der Waals surface area contributed by atoms with Gasteiger partial charge in [0, 0.05) is 0 Å². The van der Waals surface area contributed by atoms with E-state index in [-0.39, 0.29) is 0 Å². The fourth-order valence-electron chi connectivity index (χ4n) is 3.16. The average Bonchev–Trinajstić information content (AvgIpc) is 2.95. The van der Waals surface area contributed by atoms with Crippen LogP contribution in [0, 0.1) is 0 Å². The number of azo groups is 2. The highest BCUT2D eigenvalue weighted by Crippen LogP contribution is 2.37. The highest BCUT2D eigenvalue weighted by atomic mass is 27.3. The van der Waals surface area contributed by atoms with Gasteiger partial charge in [-0.2, -0.15) is 0 Å². The van der Waals surface area contributed by atoms with Gasteiger partial charge in [-0.1, -0.05) is 48.5 Å². The zero-order valence-electron chi connectivity index (χ0n) is 17.8. The van der Waals surface area contributed by atoms with Gasteiger partial charge in [-0.25, -0.2) is 0 Å². The quantitative estimate of drug-likeness (QED) is 0.233. The number of hydrogen-bond acceptors (Lipinski definition) is 8. The molecule has 0 saturated heterocycles. The van der Waals surface area contributed by atoms with Crippen molar-refractivity contribution in [1.82, 2.24) is 0 Å². The first-order valence-electron chi connectivity index (χ1n) is 10.4. The third-order valence-corrected chi connectivity index (χ3v) is 6.38. The van der Waals surface area contributed by atoms with Gasteiger partial charge in [0.15, 0.2) is 0 Å². The van der Waals surface area contributed by atoms with E-state index in [1.807, 2.05) is 78.9 Å². The van der Waals surface area contributed by atoms with Crippen molar-refractivity contribution in [3.8, 4) is 23.0 Å². The normalized spacial score (nSPS) is 12.4. The summed E-state index contributed by atoms with van der Waals surface area (Å²) in [4.78, 5) is 0. The van der Waals surface area contributed by atoms with E-state index in [9.17, 15) is 0 Å². The molecule has 5 rings (SSSR count). The maximum atomic E-state index is 6.26. The summed E-state index contributed by atoms with van der Waals surface area (Å²) in [5.74, 6) is 2.13. The van der Waals surface area contributed by atoms with Crippen molar-refractivity contribution < 1.29 is 15.2 Å². The van der Waals surface area contributed by atoms with Gasteiger partial charge in [0.05, 0.1) is 0 Å². The fourth-order valence-corrected chi connectivity index (χ4v) is 4.72. The van der Waals surface area contributed by atoms with Gasteiger partial charge in [-0.15, -0.1) is 20.5 Å². The van der Waals surface area contributed by atoms with Crippen LogP contribution in [0.3, 0.4) is 0 Å². The SMILES string of the molecule is [Al][O]c1ccccc1N=Nc1ccccc1[O][Al]1[O]c2ccccc2N=Nc2ccccc2[O]1. The first-order chi connectivity index (χ1) is 16.8. The second-order valence-corrected chi connectivity index (χ2v) is 8.55. The lowest BCUT2D eigenvalue weighted by atomic mass is 10.3. The van der Waals surface area contributed by atoms with E-state index in [1.165, 1.54) is 0 Å². The van der Waals surface area contributed by atoms with Crippen molar-refractivity contribution in [1.29, 1.82) is 0 Å². The van der Waals surface area contributed by atoms with E-state index in [1.54, 1.807) is 18.2 Å². The molecule has 4 aromatic rings. The van der Waals surface area contributed by atoms with Crippen LogP contribution in [0.5, 0.6) is 23.0 Å². The molecule has 162 valence electrons. The smallest absolute Gasteiger partial charge is 0.652 e. The summed E-state index contributed by atoms with van der Waals surface area (Å²) in [5, 5.41) is 17.4. The van der Waals surface area contributed by atoms with E-state index < -0.39 is 15.1 Å². The average molecular weight is 478 g/mol. The number of para-hydroxylation sites is 4. The number of fused-ring (bicyclic) bond motifs is 2. The van der Waals surface area contributed by atoms with Crippen LogP contribution in [-0.4, -0.2) is 31.8 Å². The molecule has 0 bridgehead atoms. The minimum Gasteiger partial charge on any atom is -0.652 e. The first kappa shape index (κ1) is 22.2. The van der Waals surface area contributed by atoms with Crippen LogP contribution in [0.2, 0.25) is 0 Å². The third kappa shape index (κ3) is 5.12. The van der Waals surface area contributed by atoms with E-state index >= 15 is 0 Å². The molecule has 0 aliphatic carbocycles. The predicted molar refractivity (Wildman–Crippen MR) is 128 cm³/mol. The minimum absolute atomic E-state index is 0.482. The first-order valence-corrected chi connectivity index (χ1v) is 12.2. The van der Waals surface area contributed by atoms with Crippen LogP contribution < -0.4 is 15.2 Å². The summed E-state index contributed by atoms with van der Waals surface area (Å²) in [7, 11) is 0. The lowest BCUT2D eigenvalue weighted by Gasteiger charge is -2.17. The Kier molecular flexibility index (Phi) is 6.85. The van der Waals surface area contributed by atoms with Crippen molar-refractivity contribution in [2.24, 2.45) is 20.5 Å². The Balaban J connectivity index is 1.47. The van der Waals surface area contributed by atoms with Crippen molar-refractivity contribution in [2.45, 2.75) is 0 Å². The predicted octanol–water partition coefficient (Wildman–Crippen LogP) is 6.81. The minimum atomic E-state index is -2.82. The molecule has 1 aliphatic heterocycles. The Morgan fingerprint density at radius 3 is 1.68 bits per heavy atom. The molecule has 1 aliphatic rings. The fraction of sp³-hybridized carbons (Fsp3) is 0. The van der Waals surface area contributed by atoms with Crippen LogP contribution in [0.1, 0.15) is 0 Å². The molecule has 1 heterocycles. The van der Waals surface area contributed by atoms with Gasteiger partial charge in [0.25, 0.3) is 0 Å². The van der Waals surface area contributed by atoms with Crippen molar-refractivity contribution >= 4 is 54.5 Å². The topological polar surface area (TPSA) is 86.4 Å². The summed E-state index contributed by atoms with van der Waals surface area (Å²) >= 11 is -0.607. The zero-order valence-corrected chi connectivity index (χ0v) is 20.1. The number of nitrogens with zero attached hydrogens (tertiary/aromatic N) is 4. The van der Waals surface area contributed by atoms with Crippen LogP contribution >= 0.6 is 0 Å². The molecule has 10 heteroatoms. The highest BCUT2D eigenvalue weighted by Gasteiger charge is 2.46. The molecule has 4 aromatic carbocycles. The standard InChI is InChI=1S/2C12H10N2O2.2Al/c2*15-11-7-3-1-5-9(11)13-14-10-6-2-4-8-12(10)16;;/h2*1-8,15-16H;;/q;;+1;+3/p-4. The molecule has 0 fully saturated rings. The van der Waals surface area contributed by atoms with E-state index in [0.29, 0.717) is 45.7 Å². The molecular weight excluding hydrogens is 462 g/mol. The largest absolute Gasteiger partial charge is 1.20 e. The van der Waals surface area contributed by atoms with Gasteiger partial charge < -0.3 is 15.2 Å². The number of benzene rings is 4. The summed E-state index contributed by atoms with van der Waals surface area (Å²) in [6, 6.07) is 29.4. The molecule has 0 N–H and O–H groups in total. The summed E-state index contributed by atoms with van der Waals surface area (Å²) in [6.45, 7) is 0. The molecule has 0 amide bonds. The Bertz CT molecular complexity index is 1310. The van der Waals surface area contributed by atoms with Crippen LogP contribution in [0.25, 0.3) is 0 Å². The zero-order chi connectivity index (χ0) is 23.2. The molecule has 2 radical (unpaired) electrons. The molecule has 8 nitrogen and oxygen atoms in total. The van der Waals surface area contributed by atoms with Gasteiger partial charge in [-0.3, -0.25) is 0 Å². The van der Waals surface area contributed by atoms with Crippen molar-refractivity contribution in [3.63, 3.8) is 0 Å². The second kappa shape index (κ2) is 10.5. The highest BCUT2D eigenvalue weighted by molar-refractivity contribution is 6.40. The van der Waals surface area contributed by atoms with Gasteiger partial charge >= 0.3 is 31.8 Å². The van der Waals surface area contributed by atoms with Gasteiger partial charge in [-0.05, 0) is 48.5 Å². The van der Waals surface area contributed by atoms with Gasteiger partial charge in [0.1, 0.15) is 45.7 Å². The van der Waals surface area contributed by atoms with E-state index in [2.05, 4.69) is 37.1 Å². The summed E-state index contributed by atoms with van der Waals surface area (Å²) in [6.07, 6.45) is 0. The summed E-state index contributed by atoms with van der Waals surface area (Å²) in [5.41, 5.74) is 2.29. The molecule has 0 spiro atoms. The van der Waals surface area contributed by atoms with Crippen molar-refractivity contribution in [3.05, 3.63) is 97.1 Å². The Labute approximate surface area is 209 Å². The van der Waals surface area contributed by atoms with Gasteiger partial charge in [0.2, 0.25) is 0 Å². The summed E-state index contributed by atoms with van der Waals surface area (Å²) < 4.78 is 23.9. The lowest BCUT2D eigenvalue weighted by Crippen LogP contribution is -2.37. The number of rotatable bonds is 5. The molecule has 34 heavy (non-hydrogen) atoms. The number of hydrogen-bond donors (Lipinski definition) is 0. The molecular formula is C24H16Al2N4O4. The Morgan fingerprint density at radius 1 is 0.618 bits per heavy atom. The Morgan fingerprint density at radius 2 is 1.09 bits per heavy atom. The van der Waals surface area contributed by atoms with Crippen LogP contribution in [0.15, 0.2) is 118 Å². The molecule has 0 saturated carbocycles. The maximum absolute atomic E-state index is 6.26. The second-order valence-electron chi connectivity index (χ2n) is 7.03. The molecule has 0 aromatic heterocycles. The monoisotopic (exact) mass is 478 g/mol. The Hall–Kier alpha value is -3.66. The van der Waals surface area contributed by atoms with Crippen LogP contribution in [0.4, 0.5) is 22.7 Å². The lowest BCUT2D eigenvalue weighted by molar-refractivity contribution is 0.309.